The van der Waals surface area contributed by atoms with Gasteiger partial charge in [-0.3, -0.25) is 0 Å². The molecule has 1 heterocycles. The van der Waals surface area contributed by atoms with Crippen LogP contribution in [-0.2, 0) is 13.0 Å². The highest BCUT2D eigenvalue weighted by molar-refractivity contribution is 5.33. The quantitative estimate of drug-likeness (QED) is 0.899. The summed E-state index contributed by atoms with van der Waals surface area (Å²) in [6.07, 6.45) is 2.82. The van der Waals surface area contributed by atoms with E-state index < -0.39 is 0 Å². The molecule has 120 valence electrons. The van der Waals surface area contributed by atoms with E-state index >= 15 is 0 Å². The van der Waals surface area contributed by atoms with E-state index in [4.69, 9.17) is 0 Å². The number of rotatable bonds is 5. The maximum absolute atomic E-state index is 10.4. The minimum absolute atomic E-state index is 0.198. The molecule has 0 saturated heterocycles. The maximum atomic E-state index is 10.4. The van der Waals surface area contributed by atoms with E-state index in [1.807, 2.05) is 0 Å². The largest absolute Gasteiger partial charge is 0.388 e. The molecule has 1 N–H and O–H groups in total. The molecule has 0 bridgehead atoms. The number of fused-ring (bicyclic) bond motifs is 1. The Morgan fingerprint density at radius 1 is 1.43 bits per heavy atom. The van der Waals surface area contributed by atoms with Crippen molar-refractivity contribution in [2.75, 3.05) is 13.6 Å². The van der Waals surface area contributed by atoms with Crippen LogP contribution in [0, 0.1) is 12.3 Å². The molecule has 0 aromatic carbocycles. The van der Waals surface area contributed by atoms with Gasteiger partial charge in [0.05, 0.1) is 6.10 Å². The molecule has 3 nitrogen and oxygen atoms in total. The normalized spacial score (nSPS) is 21.1. The molecular weight excluding hydrogens is 260 g/mol. The molecule has 0 fully saturated rings. The lowest BCUT2D eigenvalue weighted by Gasteiger charge is -2.34. The van der Waals surface area contributed by atoms with Crippen LogP contribution < -0.4 is 0 Å². The molecule has 3 heteroatoms. The first-order valence-corrected chi connectivity index (χ1v) is 8.28. The molecule has 21 heavy (non-hydrogen) atoms. The third-order valence-corrected chi connectivity index (χ3v) is 4.97. The lowest BCUT2D eigenvalue weighted by molar-refractivity contribution is 0.0978. The first-order valence-electron chi connectivity index (χ1n) is 8.28. The summed E-state index contributed by atoms with van der Waals surface area (Å²) in [6, 6.07) is 2.80. The van der Waals surface area contributed by atoms with Gasteiger partial charge in [0.25, 0.3) is 0 Å². The van der Waals surface area contributed by atoms with Gasteiger partial charge in [0.15, 0.2) is 0 Å². The third kappa shape index (κ3) is 3.70. The molecule has 2 rings (SSSR count). The zero-order valence-corrected chi connectivity index (χ0v) is 14.6. The molecule has 0 aliphatic heterocycles. The first kappa shape index (κ1) is 16.6. The summed E-state index contributed by atoms with van der Waals surface area (Å²) >= 11 is 0. The molecule has 1 atom stereocenters. The summed E-state index contributed by atoms with van der Waals surface area (Å²) in [4.78, 5) is 2.39. The summed E-state index contributed by atoms with van der Waals surface area (Å²) in [5.41, 5.74) is 4.03. The van der Waals surface area contributed by atoms with Gasteiger partial charge in [0.2, 0.25) is 0 Å². The fourth-order valence-electron chi connectivity index (χ4n) is 3.45. The second-order valence-corrected chi connectivity index (χ2v) is 7.83. The van der Waals surface area contributed by atoms with Crippen molar-refractivity contribution < 1.29 is 5.11 Å². The van der Waals surface area contributed by atoms with Crippen LogP contribution in [0.2, 0.25) is 0 Å². The number of aryl methyl sites for hydroxylation is 1. The van der Waals surface area contributed by atoms with Crippen LogP contribution in [0.15, 0.2) is 6.07 Å². The summed E-state index contributed by atoms with van der Waals surface area (Å²) < 4.78 is 2.44. The van der Waals surface area contributed by atoms with Crippen LogP contribution in [0.3, 0.4) is 0 Å². The van der Waals surface area contributed by atoms with Gasteiger partial charge in [0.1, 0.15) is 0 Å². The van der Waals surface area contributed by atoms with E-state index in [1.165, 1.54) is 17.0 Å². The van der Waals surface area contributed by atoms with Crippen LogP contribution in [0.25, 0.3) is 0 Å². The number of nitrogens with zero attached hydrogens (tertiary/aromatic N) is 2. The van der Waals surface area contributed by atoms with Crippen molar-refractivity contribution in [2.45, 2.75) is 72.6 Å². The van der Waals surface area contributed by atoms with Crippen LogP contribution >= 0.6 is 0 Å². The Kier molecular flexibility index (Phi) is 4.84. The van der Waals surface area contributed by atoms with Gasteiger partial charge in [-0.15, -0.1) is 0 Å². The molecule has 0 saturated carbocycles. The second-order valence-electron chi connectivity index (χ2n) is 7.83. The van der Waals surface area contributed by atoms with Crippen molar-refractivity contribution in [1.29, 1.82) is 0 Å². The van der Waals surface area contributed by atoms with Gasteiger partial charge >= 0.3 is 0 Å². The van der Waals surface area contributed by atoms with Crippen LogP contribution in [0.5, 0.6) is 0 Å². The Hall–Kier alpha value is -0.800. The van der Waals surface area contributed by atoms with Crippen molar-refractivity contribution in [3.05, 3.63) is 23.0 Å². The number of aromatic nitrogens is 1. The minimum atomic E-state index is -0.290. The van der Waals surface area contributed by atoms with Crippen molar-refractivity contribution in [3.8, 4) is 0 Å². The van der Waals surface area contributed by atoms with Gasteiger partial charge in [-0.25, -0.2) is 0 Å². The Balaban J connectivity index is 2.11. The van der Waals surface area contributed by atoms with Gasteiger partial charge in [-0.1, -0.05) is 13.8 Å². The van der Waals surface area contributed by atoms with E-state index in [9.17, 15) is 5.11 Å². The highest BCUT2D eigenvalue weighted by Gasteiger charge is 2.33. The smallest absolute Gasteiger partial charge is 0.0812 e. The summed E-state index contributed by atoms with van der Waals surface area (Å²) in [6.45, 7) is 13.3. The Morgan fingerprint density at radius 3 is 2.71 bits per heavy atom. The average Bonchev–Trinajstić information content (AvgIpc) is 2.65. The highest BCUT2D eigenvalue weighted by atomic mass is 16.3. The van der Waals surface area contributed by atoms with E-state index in [1.54, 1.807) is 0 Å². The van der Waals surface area contributed by atoms with Crippen LogP contribution in [-0.4, -0.2) is 34.2 Å². The SMILES string of the molecule is Cc1cc2c(n1CCCN(C)C(C)C)CC(C)(C)CC2O. The maximum Gasteiger partial charge on any atom is 0.0812 e. The zero-order chi connectivity index (χ0) is 15.8. The summed E-state index contributed by atoms with van der Waals surface area (Å²) in [7, 11) is 2.19. The van der Waals surface area contributed by atoms with E-state index in [2.05, 4.69) is 57.2 Å². The predicted molar refractivity (Wildman–Crippen MR) is 88.6 cm³/mol. The van der Waals surface area contributed by atoms with Crippen molar-refractivity contribution in [1.82, 2.24) is 9.47 Å². The van der Waals surface area contributed by atoms with Crippen molar-refractivity contribution in [2.24, 2.45) is 5.41 Å². The molecule has 0 spiro atoms. The number of aliphatic hydroxyl groups is 1. The standard InChI is InChI=1S/C18H32N2O/c1-13(2)19(6)8-7-9-20-14(3)10-15-16(20)11-18(4,5)12-17(15)21/h10,13,17,21H,7-9,11-12H2,1-6H3. The van der Waals surface area contributed by atoms with Gasteiger partial charge < -0.3 is 14.6 Å². The Morgan fingerprint density at radius 2 is 2.10 bits per heavy atom. The van der Waals surface area contributed by atoms with Crippen molar-refractivity contribution in [3.63, 3.8) is 0 Å². The van der Waals surface area contributed by atoms with Crippen LogP contribution in [0.4, 0.5) is 0 Å². The lowest BCUT2D eigenvalue weighted by atomic mass is 9.75. The third-order valence-electron chi connectivity index (χ3n) is 4.97. The first-order chi connectivity index (χ1) is 9.71. The zero-order valence-electron chi connectivity index (χ0n) is 14.6. The summed E-state index contributed by atoms with van der Waals surface area (Å²) in [5, 5.41) is 10.4. The van der Waals surface area contributed by atoms with Gasteiger partial charge in [-0.2, -0.15) is 0 Å². The second kappa shape index (κ2) is 6.13. The number of hydrogen-bond donors (Lipinski definition) is 1. The van der Waals surface area contributed by atoms with Gasteiger partial charge in [0, 0.05) is 29.5 Å². The topological polar surface area (TPSA) is 28.4 Å². The number of hydrogen-bond acceptors (Lipinski definition) is 2. The minimum Gasteiger partial charge on any atom is -0.388 e. The summed E-state index contributed by atoms with van der Waals surface area (Å²) in [5.74, 6) is 0. The number of aliphatic hydroxyl groups excluding tert-OH is 1. The molecule has 1 aliphatic carbocycles. The Bertz CT molecular complexity index is 488. The van der Waals surface area contributed by atoms with E-state index in [0.29, 0.717) is 6.04 Å². The lowest BCUT2D eigenvalue weighted by Crippen LogP contribution is -2.29. The highest BCUT2D eigenvalue weighted by Crippen LogP contribution is 2.41. The van der Waals surface area contributed by atoms with E-state index in [-0.39, 0.29) is 11.5 Å². The molecule has 1 aromatic rings. The predicted octanol–water partition coefficient (Wildman–Crippen LogP) is 3.53. The van der Waals surface area contributed by atoms with Gasteiger partial charge in [-0.05, 0) is 65.1 Å². The van der Waals surface area contributed by atoms with E-state index in [0.717, 1.165) is 32.4 Å². The van der Waals surface area contributed by atoms with Crippen LogP contribution in [0.1, 0.15) is 63.6 Å². The molecule has 0 amide bonds. The molecule has 1 aromatic heterocycles. The molecule has 1 aliphatic rings. The fraction of sp³-hybridized carbons (Fsp3) is 0.778. The molecule has 1 unspecified atom stereocenters. The van der Waals surface area contributed by atoms with Crippen molar-refractivity contribution >= 4 is 0 Å². The molecular formula is C18H32N2O. The fourth-order valence-corrected chi connectivity index (χ4v) is 3.45. The Labute approximate surface area is 130 Å². The molecule has 0 radical (unpaired) electrons. The average molecular weight is 292 g/mol. The monoisotopic (exact) mass is 292 g/mol.